The molecule has 3 aliphatic rings. The van der Waals surface area contributed by atoms with E-state index in [1.165, 1.54) is 17.6 Å². The predicted octanol–water partition coefficient (Wildman–Crippen LogP) is 5.98. The van der Waals surface area contributed by atoms with Gasteiger partial charge in [-0.3, -0.25) is 4.98 Å². The smallest absolute Gasteiger partial charge is 0.211 e. The van der Waals surface area contributed by atoms with Crippen LogP contribution in [-0.2, 0) is 0 Å². The van der Waals surface area contributed by atoms with Crippen molar-refractivity contribution in [3.63, 3.8) is 0 Å². The monoisotopic (exact) mass is 414 g/mol. The van der Waals surface area contributed by atoms with Gasteiger partial charge in [-0.1, -0.05) is 49.8 Å². The summed E-state index contributed by atoms with van der Waals surface area (Å²) in [7, 11) is 0. The minimum absolute atomic E-state index is 0.387. The summed E-state index contributed by atoms with van der Waals surface area (Å²) in [5.74, 6) is 1.44. The van der Waals surface area contributed by atoms with Gasteiger partial charge in [-0.15, -0.1) is 11.3 Å². The van der Waals surface area contributed by atoms with E-state index >= 15 is 0 Å². The molecule has 0 radical (unpaired) electrons. The van der Waals surface area contributed by atoms with Crippen LogP contribution in [0.15, 0.2) is 75.9 Å². The quantitative estimate of drug-likeness (QED) is 0.484. The molecule has 1 fully saturated rings. The number of thiazole rings is 1. The van der Waals surface area contributed by atoms with E-state index in [4.69, 9.17) is 10.1 Å². The summed E-state index contributed by atoms with van der Waals surface area (Å²) < 4.78 is 1.97. The Kier molecular flexibility index (Phi) is 4.78. The molecule has 5 heteroatoms. The van der Waals surface area contributed by atoms with E-state index in [2.05, 4.69) is 67.7 Å². The van der Waals surface area contributed by atoms with Crippen molar-refractivity contribution < 1.29 is 0 Å². The second-order valence-corrected chi connectivity index (χ2v) is 9.73. The molecule has 3 aliphatic carbocycles. The van der Waals surface area contributed by atoms with E-state index in [9.17, 15) is 0 Å². The molecule has 4 nitrogen and oxygen atoms in total. The fraction of sp³-hybridized carbons (Fsp3) is 0.320. The molecule has 2 unspecified atom stereocenters. The van der Waals surface area contributed by atoms with Crippen LogP contribution >= 0.6 is 11.3 Å². The molecule has 1 saturated carbocycles. The average molecular weight is 415 g/mol. The third-order valence-electron chi connectivity index (χ3n) is 6.74. The second-order valence-electron chi connectivity index (χ2n) is 8.90. The fourth-order valence-electron chi connectivity index (χ4n) is 4.61. The van der Waals surface area contributed by atoms with E-state index < -0.39 is 0 Å². The topological polar surface area (TPSA) is 42.5 Å². The van der Waals surface area contributed by atoms with Gasteiger partial charge in [0.1, 0.15) is 0 Å². The predicted molar refractivity (Wildman–Crippen MR) is 124 cm³/mol. The van der Waals surface area contributed by atoms with Crippen LogP contribution in [0.5, 0.6) is 0 Å². The van der Waals surface area contributed by atoms with Crippen LogP contribution in [0.3, 0.4) is 0 Å². The van der Waals surface area contributed by atoms with Gasteiger partial charge in [-0.25, -0.2) is 9.67 Å². The number of allylic oxidation sites excluding steroid dienone is 2. The van der Waals surface area contributed by atoms with Crippen LogP contribution in [-0.4, -0.2) is 15.9 Å². The molecule has 2 heterocycles. The maximum Gasteiger partial charge on any atom is 0.211 e. The molecule has 0 aliphatic heterocycles. The summed E-state index contributed by atoms with van der Waals surface area (Å²) in [6, 6.07) is 12.4. The Morgan fingerprint density at radius 2 is 2.03 bits per heavy atom. The number of rotatable bonds is 4. The third kappa shape index (κ3) is 3.37. The first-order chi connectivity index (χ1) is 14.5. The Balaban J connectivity index is 1.58. The zero-order valence-corrected chi connectivity index (χ0v) is 18.4. The Morgan fingerprint density at radius 3 is 2.73 bits per heavy atom. The molecule has 2 aromatic heterocycles. The lowest BCUT2D eigenvalue weighted by molar-refractivity contribution is -0.00126. The van der Waals surface area contributed by atoms with E-state index in [0.717, 1.165) is 34.1 Å². The van der Waals surface area contributed by atoms with Crippen LogP contribution in [0.2, 0.25) is 0 Å². The highest BCUT2D eigenvalue weighted by molar-refractivity contribution is 7.07. The van der Waals surface area contributed by atoms with E-state index in [0.29, 0.717) is 11.3 Å². The molecule has 0 spiro atoms. The molecule has 0 N–H and O–H groups in total. The zero-order chi connectivity index (χ0) is 20.7. The third-order valence-corrected chi connectivity index (χ3v) is 7.55. The second kappa shape index (κ2) is 7.47. The molecule has 0 amide bonds. The van der Waals surface area contributed by atoms with Gasteiger partial charge < -0.3 is 0 Å². The van der Waals surface area contributed by atoms with Crippen molar-refractivity contribution >= 4 is 23.2 Å². The lowest BCUT2D eigenvalue weighted by Crippen LogP contribution is -2.48. The summed E-state index contributed by atoms with van der Waals surface area (Å²) in [6.07, 6.45) is 10.4. The van der Waals surface area contributed by atoms with Crippen molar-refractivity contribution in [3.05, 3.63) is 76.2 Å². The Hall–Kier alpha value is -2.79. The molecule has 2 atom stereocenters. The molecule has 3 aromatic rings. The maximum absolute atomic E-state index is 4.95. The highest BCUT2D eigenvalue weighted by Gasteiger charge is 2.50. The first-order valence-corrected chi connectivity index (χ1v) is 11.4. The van der Waals surface area contributed by atoms with Gasteiger partial charge >= 0.3 is 0 Å². The number of nitrogens with zero attached hydrogens (tertiary/aromatic N) is 4. The Morgan fingerprint density at radius 1 is 1.20 bits per heavy atom. The number of fused-ring (bicyclic) bond motifs is 1. The van der Waals surface area contributed by atoms with Gasteiger partial charge in [0, 0.05) is 17.1 Å². The lowest BCUT2D eigenvalue weighted by atomic mass is 9.49. The van der Waals surface area contributed by atoms with Crippen molar-refractivity contribution in [2.45, 2.75) is 33.6 Å². The normalized spacial score (nSPS) is 22.8. The molecule has 1 aromatic carbocycles. The zero-order valence-electron chi connectivity index (χ0n) is 17.6. The lowest BCUT2D eigenvalue weighted by Gasteiger charge is -2.55. The fourth-order valence-corrected chi connectivity index (χ4v) is 5.47. The Labute approximate surface area is 181 Å². The summed E-state index contributed by atoms with van der Waals surface area (Å²) >= 11 is 1.60. The first kappa shape index (κ1) is 19.2. The van der Waals surface area contributed by atoms with Gasteiger partial charge in [0.15, 0.2) is 0 Å². The highest BCUT2D eigenvalue weighted by atomic mass is 32.1. The van der Waals surface area contributed by atoms with Gasteiger partial charge in [-0.05, 0) is 54.7 Å². The summed E-state index contributed by atoms with van der Waals surface area (Å²) in [4.78, 5) is 9.85. The minimum Gasteiger partial charge on any atom is -0.262 e. The summed E-state index contributed by atoms with van der Waals surface area (Å²) in [6.45, 7) is 6.90. The number of aromatic nitrogens is 2. The largest absolute Gasteiger partial charge is 0.262 e. The molecular formula is C25H26N4S. The molecular weight excluding hydrogens is 388 g/mol. The molecule has 152 valence electrons. The molecule has 6 rings (SSSR count). The summed E-state index contributed by atoms with van der Waals surface area (Å²) in [5.41, 5.74) is 6.03. The van der Waals surface area contributed by atoms with Crippen molar-refractivity contribution in [1.29, 1.82) is 0 Å². The number of hydrogen-bond acceptors (Lipinski definition) is 4. The van der Waals surface area contributed by atoms with E-state index in [1.807, 2.05) is 16.8 Å². The average Bonchev–Trinajstić information content (AvgIpc) is 3.15. The molecule has 0 saturated heterocycles. The minimum atomic E-state index is 0.387. The number of hydrogen-bond donors (Lipinski definition) is 0. The van der Waals surface area contributed by atoms with Crippen LogP contribution in [0.4, 0.5) is 5.69 Å². The van der Waals surface area contributed by atoms with Crippen LogP contribution in [0, 0.1) is 24.2 Å². The molecule has 30 heavy (non-hydrogen) atoms. The summed E-state index contributed by atoms with van der Waals surface area (Å²) in [5, 5.41) is 7.08. The van der Waals surface area contributed by atoms with Crippen LogP contribution in [0.25, 0.3) is 11.3 Å². The van der Waals surface area contributed by atoms with Crippen LogP contribution < -0.4 is 4.80 Å². The van der Waals surface area contributed by atoms with Crippen molar-refractivity contribution in [1.82, 2.24) is 9.66 Å². The molecule has 2 bridgehead atoms. The van der Waals surface area contributed by atoms with Gasteiger partial charge in [0.25, 0.3) is 0 Å². The van der Waals surface area contributed by atoms with E-state index in [-0.39, 0.29) is 0 Å². The van der Waals surface area contributed by atoms with Gasteiger partial charge in [0.2, 0.25) is 4.80 Å². The highest BCUT2D eigenvalue weighted by Crippen LogP contribution is 2.58. The Bertz CT molecular complexity index is 1180. The van der Waals surface area contributed by atoms with Gasteiger partial charge in [-0.2, -0.15) is 5.10 Å². The maximum atomic E-state index is 4.95. The van der Waals surface area contributed by atoms with Gasteiger partial charge in [0.05, 0.1) is 23.8 Å². The standard InChI is InChI=1S/C25H26N4S/c1-17-6-8-18(9-7-17)23-16-30-24(28-21-5-4-12-26-15-21)29(23)27-14-19-10-11-20-13-22(19)25(20,2)3/h4-10,12,14-16,20,22H,11,13H2,1-3H3. The number of benzene rings is 1. The van der Waals surface area contributed by atoms with Crippen LogP contribution in [0.1, 0.15) is 32.3 Å². The van der Waals surface area contributed by atoms with Crippen molar-refractivity contribution in [3.8, 4) is 11.3 Å². The number of pyridine rings is 1. The van der Waals surface area contributed by atoms with Crippen molar-refractivity contribution in [2.24, 2.45) is 27.3 Å². The van der Waals surface area contributed by atoms with E-state index in [1.54, 1.807) is 23.7 Å². The first-order valence-electron chi connectivity index (χ1n) is 10.5. The number of aryl methyl sites for hydroxylation is 1. The SMILES string of the molecule is Cc1ccc(-c2csc(=Nc3cccnc3)n2N=CC2=CCC3CC2C3(C)C)cc1. The van der Waals surface area contributed by atoms with Crippen molar-refractivity contribution in [2.75, 3.05) is 0 Å².